The van der Waals surface area contributed by atoms with Crippen molar-refractivity contribution in [2.45, 2.75) is 20.4 Å². The minimum absolute atomic E-state index is 0.113. The minimum Gasteiger partial charge on any atom is -0.322 e. The number of anilines is 1. The predicted octanol–water partition coefficient (Wildman–Crippen LogP) is 2.25. The molecule has 2 aromatic rings. The highest BCUT2D eigenvalue weighted by atomic mass is 19.1. The molecule has 0 spiro atoms. The number of rotatable bonds is 5. The SMILES string of the molecule is Cc1nn(C)c(C)c1NC(=O)CN(C)Cc1cccc(F)c1. The number of carbonyl (C=O) groups excluding carboxylic acids is 1. The van der Waals surface area contributed by atoms with Crippen molar-refractivity contribution in [3.8, 4) is 0 Å². The Morgan fingerprint density at radius 1 is 1.41 bits per heavy atom. The highest BCUT2D eigenvalue weighted by Gasteiger charge is 2.14. The van der Waals surface area contributed by atoms with Crippen LogP contribution in [0.5, 0.6) is 0 Å². The molecule has 118 valence electrons. The van der Waals surface area contributed by atoms with Crippen LogP contribution in [-0.4, -0.2) is 34.2 Å². The number of nitrogens with one attached hydrogen (secondary N) is 1. The highest BCUT2D eigenvalue weighted by molar-refractivity contribution is 5.93. The lowest BCUT2D eigenvalue weighted by atomic mass is 10.2. The molecular formula is C16H21FN4O. The summed E-state index contributed by atoms with van der Waals surface area (Å²) in [5.74, 6) is -0.380. The average Bonchev–Trinajstić information content (AvgIpc) is 2.65. The molecule has 0 fully saturated rings. The number of aryl methyl sites for hydroxylation is 2. The molecule has 22 heavy (non-hydrogen) atoms. The van der Waals surface area contributed by atoms with Gasteiger partial charge in [0.05, 0.1) is 23.6 Å². The number of aromatic nitrogens is 2. The third-order valence-electron chi connectivity index (χ3n) is 3.53. The van der Waals surface area contributed by atoms with E-state index in [-0.39, 0.29) is 18.3 Å². The standard InChI is InChI=1S/C16H21FN4O/c1-11-16(12(2)21(4)19-11)18-15(22)10-20(3)9-13-6-5-7-14(17)8-13/h5-8H,9-10H2,1-4H3,(H,18,22). The smallest absolute Gasteiger partial charge is 0.238 e. The van der Waals surface area contributed by atoms with Gasteiger partial charge in [0, 0.05) is 13.6 Å². The molecule has 0 aliphatic carbocycles. The molecule has 1 N–H and O–H groups in total. The van der Waals surface area contributed by atoms with Gasteiger partial charge < -0.3 is 5.32 Å². The van der Waals surface area contributed by atoms with E-state index in [9.17, 15) is 9.18 Å². The molecule has 0 atom stereocenters. The second-order valence-electron chi connectivity index (χ2n) is 5.52. The Morgan fingerprint density at radius 2 is 2.14 bits per heavy atom. The summed E-state index contributed by atoms with van der Waals surface area (Å²) in [5, 5.41) is 7.16. The van der Waals surface area contributed by atoms with Crippen molar-refractivity contribution in [3.05, 3.63) is 47.0 Å². The summed E-state index contributed by atoms with van der Waals surface area (Å²) in [4.78, 5) is 14.0. The van der Waals surface area contributed by atoms with Crippen LogP contribution in [0.2, 0.25) is 0 Å². The van der Waals surface area contributed by atoms with Gasteiger partial charge in [0.15, 0.2) is 0 Å². The first-order chi connectivity index (χ1) is 10.4. The van der Waals surface area contributed by atoms with Gasteiger partial charge in [-0.3, -0.25) is 14.4 Å². The molecule has 0 aliphatic rings. The molecule has 1 amide bonds. The zero-order chi connectivity index (χ0) is 16.3. The van der Waals surface area contributed by atoms with Crippen molar-refractivity contribution in [2.24, 2.45) is 7.05 Å². The fraction of sp³-hybridized carbons (Fsp3) is 0.375. The highest BCUT2D eigenvalue weighted by Crippen LogP contribution is 2.18. The van der Waals surface area contributed by atoms with Crippen LogP contribution in [-0.2, 0) is 18.4 Å². The summed E-state index contributed by atoms with van der Waals surface area (Å²) in [5.41, 5.74) is 3.30. The Labute approximate surface area is 129 Å². The Hall–Kier alpha value is -2.21. The zero-order valence-corrected chi connectivity index (χ0v) is 13.4. The molecule has 5 nitrogen and oxygen atoms in total. The number of likely N-dealkylation sites (N-methyl/N-ethyl adjacent to an activating group) is 1. The summed E-state index contributed by atoms with van der Waals surface area (Å²) in [6.45, 7) is 4.51. The van der Waals surface area contributed by atoms with Crippen LogP contribution >= 0.6 is 0 Å². The molecule has 1 heterocycles. The van der Waals surface area contributed by atoms with Gasteiger partial charge in [-0.25, -0.2) is 4.39 Å². The van der Waals surface area contributed by atoms with E-state index in [2.05, 4.69) is 10.4 Å². The van der Waals surface area contributed by atoms with Crippen LogP contribution in [0.4, 0.5) is 10.1 Å². The first-order valence-corrected chi connectivity index (χ1v) is 7.10. The molecule has 0 bridgehead atoms. The van der Waals surface area contributed by atoms with E-state index >= 15 is 0 Å². The molecular weight excluding hydrogens is 283 g/mol. The summed E-state index contributed by atoms with van der Waals surface area (Å²) in [6, 6.07) is 6.39. The van der Waals surface area contributed by atoms with Crippen LogP contribution in [0.15, 0.2) is 24.3 Å². The quantitative estimate of drug-likeness (QED) is 0.921. The number of hydrogen-bond donors (Lipinski definition) is 1. The second-order valence-corrected chi connectivity index (χ2v) is 5.52. The predicted molar refractivity (Wildman–Crippen MR) is 84.0 cm³/mol. The first kappa shape index (κ1) is 16.2. The van der Waals surface area contributed by atoms with Crippen LogP contribution in [0.1, 0.15) is 17.0 Å². The van der Waals surface area contributed by atoms with Crippen molar-refractivity contribution in [3.63, 3.8) is 0 Å². The zero-order valence-electron chi connectivity index (χ0n) is 13.4. The first-order valence-electron chi connectivity index (χ1n) is 7.10. The van der Waals surface area contributed by atoms with Crippen LogP contribution in [0.25, 0.3) is 0 Å². The maximum Gasteiger partial charge on any atom is 0.238 e. The maximum absolute atomic E-state index is 13.2. The van der Waals surface area contributed by atoms with Gasteiger partial charge in [0.25, 0.3) is 0 Å². The van der Waals surface area contributed by atoms with Crippen LogP contribution < -0.4 is 5.32 Å². The summed E-state index contributed by atoms with van der Waals surface area (Å²) in [6.07, 6.45) is 0. The molecule has 1 aromatic carbocycles. The van der Waals surface area contributed by atoms with Gasteiger partial charge >= 0.3 is 0 Å². The monoisotopic (exact) mass is 304 g/mol. The normalized spacial score (nSPS) is 11.0. The molecule has 0 saturated heterocycles. The molecule has 1 aromatic heterocycles. The molecule has 2 rings (SSSR count). The van der Waals surface area contributed by atoms with Gasteiger partial charge in [-0.2, -0.15) is 5.10 Å². The van der Waals surface area contributed by atoms with Crippen molar-refractivity contribution in [2.75, 3.05) is 18.9 Å². The number of halogens is 1. The summed E-state index contributed by atoms with van der Waals surface area (Å²) in [7, 11) is 3.67. The number of amides is 1. The molecule has 0 unspecified atom stereocenters. The largest absolute Gasteiger partial charge is 0.322 e. The van der Waals surface area contributed by atoms with E-state index in [1.54, 1.807) is 10.7 Å². The lowest BCUT2D eigenvalue weighted by Crippen LogP contribution is -2.30. The number of carbonyl (C=O) groups is 1. The summed E-state index contributed by atoms with van der Waals surface area (Å²) < 4.78 is 14.9. The second kappa shape index (κ2) is 6.70. The van der Waals surface area contributed by atoms with Gasteiger partial charge in [0.2, 0.25) is 5.91 Å². The van der Waals surface area contributed by atoms with Crippen LogP contribution in [0, 0.1) is 19.7 Å². The fourth-order valence-electron chi connectivity index (χ4n) is 2.38. The number of nitrogens with zero attached hydrogens (tertiary/aromatic N) is 3. The van der Waals surface area contributed by atoms with E-state index in [0.29, 0.717) is 6.54 Å². The molecule has 6 heteroatoms. The van der Waals surface area contributed by atoms with E-state index in [1.165, 1.54) is 12.1 Å². The van der Waals surface area contributed by atoms with Crippen molar-refractivity contribution in [1.29, 1.82) is 0 Å². The third kappa shape index (κ3) is 3.92. The van der Waals surface area contributed by atoms with E-state index in [1.807, 2.05) is 38.9 Å². The van der Waals surface area contributed by atoms with Gasteiger partial charge in [-0.15, -0.1) is 0 Å². The molecule has 0 radical (unpaired) electrons. The van der Waals surface area contributed by atoms with Gasteiger partial charge in [-0.1, -0.05) is 12.1 Å². The molecule has 0 aliphatic heterocycles. The van der Waals surface area contributed by atoms with Crippen molar-refractivity contribution >= 4 is 11.6 Å². The minimum atomic E-state index is -0.267. The van der Waals surface area contributed by atoms with E-state index in [4.69, 9.17) is 0 Å². The lowest BCUT2D eigenvalue weighted by molar-refractivity contribution is -0.117. The topological polar surface area (TPSA) is 50.2 Å². The van der Waals surface area contributed by atoms with Crippen LogP contribution in [0.3, 0.4) is 0 Å². The Kier molecular flexibility index (Phi) is 4.92. The van der Waals surface area contributed by atoms with Gasteiger partial charge in [-0.05, 0) is 38.6 Å². The average molecular weight is 304 g/mol. The van der Waals surface area contributed by atoms with Crippen molar-refractivity contribution in [1.82, 2.24) is 14.7 Å². The van der Waals surface area contributed by atoms with E-state index < -0.39 is 0 Å². The number of benzene rings is 1. The molecule has 0 saturated carbocycles. The Balaban J connectivity index is 1.94. The van der Waals surface area contributed by atoms with Gasteiger partial charge in [0.1, 0.15) is 5.82 Å². The van der Waals surface area contributed by atoms with E-state index in [0.717, 1.165) is 22.6 Å². The lowest BCUT2D eigenvalue weighted by Gasteiger charge is -2.16. The fourth-order valence-corrected chi connectivity index (χ4v) is 2.38. The summed E-state index contributed by atoms with van der Waals surface area (Å²) >= 11 is 0. The van der Waals surface area contributed by atoms with Crippen molar-refractivity contribution < 1.29 is 9.18 Å². The number of hydrogen-bond acceptors (Lipinski definition) is 3. The Bertz CT molecular complexity index is 681. The Morgan fingerprint density at radius 3 is 2.73 bits per heavy atom. The third-order valence-corrected chi connectivity index (χ3v) is 3.53. The maximum atomic E-state index is 13.2.